The number of carbonyl (C=O) groups is 1. The monoisotopic (exact) mass is 399 g/mol. The normalized spacial score (nSPS) is 10.4. The van der Waals surface area contributed by atoms with Gasteiger partial charge in [-0.15, -0.1) is 0 Å². The van der Waals surface area contributed by atoms with E-state index in [-0.39, 0.29) is 12.5 Å². The Balaban J connectivity index is 1.45. The van der Waals surface area contributed by atoms with Gasteiger partial charge in [-0.05, 0) is 36.2 Å². The number of hydrogen-bond donors (Lipinski definition) is 1. The van der Waals surface area contributed by atoms with E-state index in [1.54, 1.807) is 18.3 Å². The van der Waals surface area contributed by atoms with E-state index in [4.69, 9.17) is 4.74 Å². The number of aryl methyl sites for hydroxylation is 2. The second-order valence-electron chi connectivity index (χ2n) is 5.52. The largest absolute Gasteiger partial charge is 0.484 e. The summed E-state index contributed by atoms with van der Waals surface area (Å²) in [7, 11) is 0. The van der Waals surface area contributed by atoms with Crippen molar-refractivity contribution in [2.45, 2.75) is 13.0 Å². The van der Waals surface area contributed by atoms with E-state index in [9.17, 15) is 4.79 Å². The van der Waals surface area contributed by atoms with Crippen molar-refractivity contribution in [1.82, 2.24) is 9.78 Å². The molecule has 0 saturated heterocycles. The van der Waals surface area contributed by atoms with Crippen molar-refractivity contribution in [1.29, 1.82) is 0 Å². The molecule has 0 aliphatic carbocycles. The van der Waals surface area contributed by atoms with E-state index in [1.807, 2.05) is 41.2 Å². The minimum Gasteiger partial charge on any atom is -0.484 e. The third-order valence-corrected chi connectivity index (χ3v) is 4.10. The molecule has 0 aliphatic heterocycles. The first-order chi connectivity index (χ1) is 12.2. The van der Waals surface area contributed by atoms with Gasteiger partial charge in [-0.3, -0.25) is 9.48 Å². The number of carbonyl (C=O) groups excluding carboxylic acids is 1. The van der Waals surface area contributed by atoms with E-state index in [1.165, 1.54) is 5.56 Å². The first kappa shape index (κ1) is 17.2. The molecular formula is C19H18BrN3O2. The highest BCUT2D eigenvalue weighted by Gasteiger charge is 2.06. The highest BCUT2D eigenvalue weighted by Crippen LogP contribution is 2.16. The molecule has 1 amide bonds. The van der Waals surface area contributed by atoms with Crippen molar-refractivity contribution in [2.75, 3.05) is 11.9 Å². The van der Waals surface area contributed by atoms with Crippen LogP contribution >= 0.6 is 15.9 Å². The van der Waals surface area contributed by atoms with Gasteiger partial charge in [-0.2, -0.15) is 5.10 Å². The lowest BCUT2D eigenvalue weighted by atomic mass is 10.1. The number of amides is 1. The summed E-state index contributed by atoms with van der Waals surface area (Å²) in [5, 5.41) is 7.05. The Morgan fingerprint density at radius 1 is 1.12 bits per heavy atom. The molecule has 0 unspecified atom stereocenters. The maximum atomic E-state index is 12.0. The van der Waals surface area contributed by atoms with E-state index in [0.29, 0.717) is 11.4 Å². The van der Waals surface area contributed by atoms with Crippen LogP contribution in [-0.2, 0) is 17.8 Å². The van der Waals surface area contributed by atoms with E-state index >= 15 is 0 Å². The van der Waals surface area contributed by atoms with Crippen molar-refractivity contribution in [2.24, 2.45) is 0 Å². The molecule has 0 bridgehead atoms. The molecule has 1 N–H and O–H groups in total. The van der Waals surface area contributed by atoms with Gasteiger partial charge in [-0.1, -0.05) is 46.3 Å². The zero-order valence-corrected chi connectivity index (χ0v) is 15.1. The van der Waals surface area contributed by atoms with Crippen LogP contribution in [0.15, 0.2) is 71.5 Å². The van der Waals surface area contributed by atoms with Crippen molar-refractivity contribution in [3.05, 3.63) is 77.0 Å². The van der Waals surface area contributed by atoms with Crippen LogP contribution in [0.3, 0.4) is 0 Å². The minimum absolute atomic E-state index is 0.0448. The molecule has 3 aromatic rings. The van der Waals surface area contributed by atoms with Crippen LogP contribution in [0.2, 0.25) is 0 Å². The van der Waals surface area contributed by atoms with Gasteiger partial charge in [0.25, 0.3) is 5.91 Å². The standard InChI is InChI=1S/C19H18BrN3O2/c20-16-6-8-18(9-7-16)25-14-19(24)22-17-12-21-23(13-17)11-10-15-4-2-1-3-5-15/h1-9,12-13H,10-11,14H2,(H,22,24). The fraction of sp³-hybridized carbons (Fsp3) is 0.158. The molecule has 5 nitrogen and oxygen atoms in total. The predicted octanol–water partition coefficient (Wildman–Crippen LogP) is 3.91. The molecule has 6 heteroatoms. The number of aromatic nitrogens is 2. The Morgan fingerprint density at radius 2 is 1.88 bits per heavy atom. The van der Waals surface area contributed by atoms with Gasteiger partial charge in [-0.25, -0.2) is 0 Å². The van der Waals surface area contributed by atoms with Gasteiger partial charge in [0.05, 0.1) is 11.9 Å². The predicted molar refractivity (Wildman–Crippen MR) is 101 cm³/mol. The zero-order chi connectivity index (χ0) is 17.5. The Labute approximate surface area is 154 Å². The lowest BCUT2D eigenvalue weighted by Crippen LogP contribution is -2.19. The lowest BCUT2D eigenvalue weighted by Gasteiger charge is -2.06. The number of ether oxygens (including phenoxy) is 1. The van der Waals surface area contributed by atoms with Crippen LogP contribution in [-0.4, -0.2) is 22.3 Å². The van der Waals surface area contributed by atoms with Crippen LogP contribution < -0.4 is 10.1 Å². The third-order valence-electron chi connectivity index (χ3n) is 3.57. The lowest BCUT2D eigenvalue weighted by molar-refractivity contribution is -0.118. The number of rotatable bonds is 7. The van der Waals surface area contributed by atoms with Crippen LogP contribution in [0.4, 0.5) is 5.69 Å². The van der Waals surface area contributed by atoms with Gasteiger partial charge in [0.15, 0.2) is 6.61 Å². The number of nitrogens with one attached hydrogen (secondary N) is 1. The molecule has 3 rings (SSSR count). The Bertz CT molecular complexity index is 816. The molecule has 0 spiro atoms. The highest BCUT2D eigenvalue weighted by atomic mass is 79.9. The molecule has 0 atom stereocenters. The quantitative estimate of drug-likeness (QED) is 0.655. The fourth-order valence-corrected chi connectivity index (χ4v) is 2.58. The van der Waals surface area contributed by atoms with Gasteiger partial charge in [0.2, 0.25) is 0 Å². The van der Waals surface area contributed by atoms with E-state index in [0.717, 1.165) is 17.4 Å². The van der Waals surface area contributed by atoms with E-state index < -0.39 is 0 Å². The van der Waals surface area contributed by atoms with Gasteiger partial charge in [0, 0.05) is 17.2 Å². The molecule has 1 heterocycles. The van der Waals surface area contributed by atoms with Crippen molar-refractivity contribution >= 4 is 27.5 Å². The second-order valence-corrected chi connectivity index (χ2v) is 6.43. The topological polar surface area (TPSA) is 56.1 Å². The van der Waals surface area contributed by atoms with E-state index in [2.05, 4.69) is 38.5 Å². The van der Waals surface area contributed by atoms with Crippen molar-refractivity contribution in [3.8, 4) is 5.75 Å². The molecule has 0 saturated carbocycles. The van der Waals surface area contributed by atoms with Crippen LogP contribution in [0.25, 0.3) is 0 Å². The van der Waals surface area contributed by atoms with Gasteiger partial charge >= 0.3 is 0 Å². The summed E-state index contributed by atoms with van der Waals surface area (Å²) in [6.07, 6.45) is 4.35. The highest BCUT2D eigenvalue weighted by molar-refractivity contribution is 9.10. The average molecular weight is 400 g/mol. The number of nitrogens with zero attached hydrogens (tertiary/aromatic N) is 2. The van der Waals surface area contributed by atoms with Gasteiger partial charge < -0.3 is 10.1 Å². The summed E-state index contributed by atoms with van der Waals surface area (Å²) < 4.78 is 8.23. The number of anilines is 1. The smallest absolute Gasteiger partial charge is 0.262 e. The number of halogens is 1. The molecule has 1 aromatic heterocycles. The summed E-state index contributed by atoms with van der Waals surface area (Å²) in [5.41, 5.74) is 1.92. The first-order valence-corrected chi connectivity index (χ1v) is 8.73. The summed E-state index contributed by atoms with van der Waals surface area (Å²) in [4.78, 5) is 12.0. The van der Waals surface area contributed by atoms with Crippen LogP contribution in [0, 0.1) is 0 Å². The molecule has 0 aliphatic rings. The Kier molecular flexibility index (Phi) is 5.85. The Hall–Kier alpha value is -2.60. The number of benzene rings is 2. The number of hydrogen-bond acceptors (Lipinski definition) is 3. The maximum Gasteiger partial charge on any atom is 0.262 e. The molecule has 128 valence electrons. The molecule has 0 radical (unpaired) electrons. The molecule has 25 heavy (non-hydrogen) atoms. The van der Waals surface area contributed by atoms with Gasteiger partial charge in [0.1, 0.15) is 5.75 Å². The fourth-order valence-electron chi connectivity index (χ4n) is 2.32. The SMILES string of the molecule is O=C(COc1ccc(Br)cc1)Nc1cnn(CCc2ccccc2)c1. The molecule has 2 aromatic carbocycles. The second kappa shape index (κ2) is 8.48. The maximum absolute atomic E-state index is 12.0. The Morgan fingerprint density at radius 3 is 2.64 bits per heavy atom. The van der Waals surface area contributed by atoms with Crippen molar-refractivity contribution in [3.63, 3.8) is 0 Å². The molecule has 0 fully saturated rings. The summed E-state index contributed by atoms with van der Waals surface area (Å²) in [6, 6.07) is 17.6. The average Bonchev–Trinajstić information content (AvgIpc) is 3.08. The van der Waals surface area contributed by atoms with Crippen molar-refractivity contribution < 1.29 is 9.53 Å². The zero-order valence-electron chi connectivity index (χ0n) is 13.6. The molecular weight excluding hydrogens is 382 g/mol. The summed E-state index contributed by atoms with van der Waals surface area (Å²) >= 11 is 3.36. The van der Waals surface area contributed by atoms with Crippen LogP contribution in [0.5, 0.6) is 5.75 Å². The summed E-state index contributed by atoms with van der Waals surface area (Å²) in [6.45, 7) is 0.714. The summed E-state index contributed by atoms with van der Waals surface area (Å²) in [5.74, 6) is 0.433. The first-order valence-electron chi connectivity index (χ1n) is 7.94. The third kappa shape index (κ3) is 5.46. The van der Waals surface area contributed by atoms with Crippen LogP contribution in [0.1, 0.15) is 5.56 Å². The minimum atomic E-state index is -0.217.